The van der Waals surface area contributed by atoms with Crippen molar-refractivity contribution in [3.05, 3.63) is 22.0 Å². The lowest BCUT2D eigenvalue weighted by Gasteiger charge is -2.13. The quantitative estimate of drug-likeness (QED) is 0.895. The van der Waals surface area contributed by atoms with E-state index in [0.717, 1.165) is 34.8 Å². The van der Waals surface area contributed by atoms with Crippen LogP contribution in [-0.4, -0.2) is 29.3 Å². The summed E-state index contributed by atoms with van der Waals surface area (Å²) in [5.74, 6) is 0.998. The highest BCUT2D eigenvalue weighted by Gasteiger charge is 2.21. The first kappa shape index (κ1) is 11.3. The lowest BCUT2D eigenvalue weighted by Crippen LogP contribution is -2.26. The number of nitrogens with zero attached hydrogens (tertiary/aromatic N) is 2. The molecule has 0 saturated carbocycles. The minimum absolute atomic E-state index is 0.283. The summed E-state index contributed by atoms with van der Waals surface area (Å²) in [5, 5.41) is 7.44. The second-order valence-electron chi connectivity index (χ2n) is 4.24. The number of aromatic nitrogens is 2. The molecule has 3 N–H and O–H groups in total. The fourth-order valence-electron chi connectivity index (χ4n) is 2.05. The zero-order valence-electron chi connectivity index (χ0n) is 9.19. The van der Waals surface area contributed by atoms with Crippen LogP contribution in [0.2, 0.25) is 0 Å². The Hall–Kier alpha value is -0.850. The van der Waals surface area contributed by atoms with Crippen LogP contribution in [0.15, 0.2) is 22.0 Å². The summed E-state index contributed by atoms with van der Waals surface area (Å²) in [7, 11) is 0. The Morgan fingerprint density at radius 1 is 1.53 bits per heavy atom. The number of rotatable bonds is 2. The largest absolute Gasteiger partial charge is 0.354 e. The SMILES string of the molecule is NC1CCN(c2cc(-c3ccc(Br)s3)[nH]n2)C1. The molecule has 6 heteroatoms. The molecule has 3 rings (SSSR count). The van der Waals surface area contributed by atoms with Gasteiger partial charge in [0.2, 0.25) is 0 Å². The van der Waals surface area contributed by atoms with Gasteiger partial charge in [0.1, 0.15) is 0 Å². The van der Waals surface area contributed by atoms with E-state index < -0.39 is 0 Å². The van der Waals surface area contributed by atoms with Crippen molar-refractivity contribution in [1.82, 2.24) is 10.2 Å². The molecule has 1 aliphatic heterocycles. The average Bonchev–Trinajstić information content (AvgIpc) is 2.96. The highest BCUT2D eigenvalue weighted by Crippen LogP contribution is 2.32. The molecule has 0 radical (unpaired) electrons. The molecule has 90 valence electrons. The number of anilines is 1. The second kappa shape index (κ2) is 4.44. The highest BCUT2D eigenvalue weighted by molar-refractivity contribution is 9.11. The van der Waals surface area contributed by atoms with Crippen molar-refractivity contribution < 1.29 is 0 Å². The van der Waals surface area contributed by atoms with Gasteiger partial charge < -0.3 is 10.6 Å². The van der Waals surface area contributed by atoms with Crippen molar-refractivity contribution in [2.24, 2.45) is 5.73 Å². The van der Waals surface area contributed by atoms with Crippen LogP contribution < -0.4 is 10.6 Å². The van der Waals surface area contributed by atoms with Crippen LogP contribution in [0.3, 0.4) is 0 Å². The molecule has 1 aliphatic rings. The second-order valence-corrected chi connectivity index (χ2v) is 6.70. The topological polar surface area (TPSA) is 57.9 Å². The summed E-state index contributed by atoms with van der Waals surface area (Å²) in [6, 6.07) is 6.51. The smallest absolute Gasteiger partial charge is 0.151 e. The summed E-state index contributed by atoms with van der Waals surface area (Å²) >= 11 is 5.17. The molecule has 0 aliphatic carbocycles. The first-order valence-corrected chi connectivity index (χ1v) is 7.15. The third kappa shape index (κ3) is 2.25. The molecule has 3 heterocycles. The number of hydrogen-bond acceptors (Lipinski definition) is 4. The van der Waals surface area contributed by atoms with Crippen LogP contribution >= 0.6 is 27.3 Å². The van der Waals surface area contributed by atoms with Crippen molar-refractivity contribution in [3.63, 3.8) is 0 Å². The molecule has 1 saturated heterocycles. The van der Waals surface area contributed by atoms with E-state index >= 15 is 0 Å². The van der Waals surface area contributed by atoms with E-state index in [1.54, 1.807) is 11.3 Å². The molecule has 1 fully saturated rings. The summed E-state index contributed by atoms with van der Waals surface area (Å²) in [4.78, 5) is 3.42. The van der Waals surface area contributed by atoms with Crippen molar-refractivity contribution in [2.45, 2.75) is 12.5 Å². The van der Waals surface area contributed by atoms with E-state index in [1.165, 1.54) is 4.88 Å². The zero-order chi connectivity index (χ0) is 11.8. The molecule has 4 nitrogen and oxygen atoms in total. The number of hydrogen-bond donors (Lipinski definition) is 2. The van der Waals surface area contributed by atoms with Crippen LogP contribution in [0.5, 0.6) is 0 Å². The van der Waals surface area contributed by atoms with Crippen molar-refractivity contribution in [2.75, 3.05) is 18.0 Å². The number of halogens is 1. The standard InChI is InChI=1S/C11H13BrN4S/c12-10-2-1-9(17-10)8-5-11(15-14-8)16-4-3-7(13)6-16/h1-2,5,7H,3-4,6,13H2,(H,14,15). The van der Waals surface area contributed by atoms with E-state index in [4.69, 9.17) is 5.73 Å². The first-order valence-electron chi connectivity index (χ1n) is 5.54. The van der Waals surface area contributed by atoms with Gasteiger partial charge in [-0.1, -0.05) is 0 Å². The van der Waals surface area contributed by atoms with E-state index in [1.807, 2.05) is 6.07 Å². The van der Waals surface area contributed by atoms with Gasteiger partial charge in [0.25, 0.3) is 0 Å². The monoisotopic (exact) mass is 312 g/mol. The summed E-state index contributed by atoms with van der Waals surface area (Å²) in [6.45, 7) is 1.90. The van der Waals surface area contributed by atoms with Gasteiger partial charge in [-0.3, -0.25) is 5.10 Å². The Morgan fingerprint density at radius 2 is 2.41 bits per heavy atom. The van der Waals surface area contributed by atoms with Gasteiger partial charge in [-0.05, 0) is 34.5 Å². The van der Waals surface area contributed by atoms with Gasteiger partial charge >= 0.3 is 0 Å². The van der Waals surface area contributed by atoms with E-state index in [0.29, 0.717) is 0 Å². The van der Waals surface area contributed by atoms with Gasteiger partial charge in [-0.25, -0.2) is 0 Å². The number of thiophene rings is 1. The molecule has 0 bridgehead atoms. The third-order valence-corrected chi connectivity index (χ3v) is 4.61. The molecular formula is C11H13BrN4S. The van der Waals surface area contributed by atoms with E-state index in [9.17, 15) is 0 Å². The third-order valence-electron chi connectivity index (χ3n) is 2.95. The molecule has 0 amide bonds. The Bertz CT molecular complexity index is 521. The lowest BCUT2D eigenvalue weighted by atomic mass is 10.3. The van der Waals surface area contributed by atoms with Crippen molar-refractivity contribution in [1.29, 1.82) is 0 Å². The van der Waals surface area contributed by atoms with Crippen LogP contribution in [0.25, 0.3) is 10.6 Å². The summed E-state index contributed by atoms with van der Waals surface area (Å²) < 4.78 is 1.13. The summed E-state index contributed by atoms with van der Waals surface area (Å²) in [6.07, 6.45) is 1.05. The maximum absolute atomic E-state index is 5.90. The molecule has 1 unspecified atom stereocenters. The Balaban J connectivity index is 1.83. The average molecular weight is 313 g/mol. The maximum Gasteiger partial charge on any atom is 0.151 e. The first-order chi connectivity index (χ1) is 8.22. The number of nitrogens with two attached hydrogens (primary N) is 1. The molecule has 17 heavy (non-hydrogen) atoms. The highest BCUT2D eigenvalue weighted by atomic mass is 79.9. The Kier molecular flexibility index (Phi) is 2.94. The minimum Gasteiger partial charge on any atom is -0.354 e. The van der Waals surface area contributed by atoms with E-state index in [-0.39, 0.29) is 6.04 Å². The van der Waals surface area contributed by atoms with Gasteiger partial charge in [0, 0.05) is 25.2 Å². The molecular weight excluding hydrogens is 300 g/mol. The Morgan fingerprint density at radius 3 is 3.06 bits per heavy atom. The number of aromatic amines is 1. The number of H-pyrrole nitrogens is 1. The predicted octanol–water partition coefficient (Wildman–Crippen LogP) is 2.44. The van der Waals surface area contributed by atoms with Crippen LogP contribution in [0.4, 0.5) is 5.82 Å². The zero-order valence-corrected chi connectivity index (χ0v) is 11.6. The molecule has 1 atom stereocenters. The minimum atomic E-state index is 0.283. The lowest BCUT2D eigenvalue weighted by molar-refractivity contribution is 0.751. The fraction of sp³-hybridized carbons (Fsp3) is 0.364. The number of nitrogens with one attached hydrogen (secondary N) is 1. The van der Waals surface area contributed by atoms with Crippen molar-refractivity contribution >= 4 is 33.1 Å². The van der Waals surface area contributed by atoms with Gasteiger partial charge in [-0.15, -0.1) is 11.3 Å². The normalized spacial score (nSPS) is 20.1. The van der Waals surface area contributed by atoms with E-state index in [2.05, 4.69) is 43.2 Å². The summed E-state index contributed by atoms with van der Waals surface area (Å²) in [5.41, 5.74) is 6.97. The molecule has 2 aromatic rings. The maximum atomic E-state index is 5.90. The fourth-order valence-corrected chi connectivity index (χ4v) is 3.41. The van der Waals surface area contributed by atoms with Crippen LogP contribution in [-0.2, 0) is 0 Å². The van der Waals surface area contributed by atoms with Crippen LogP contribution in [0, 0.1) is 0 Å². The van der Waals surface area contributed by atoms with Gasteiger partial charge in [0.05, 0.1) is 14.4 Å². The van der Waals surface area contributed by atoms with Crippen molar-refractivity contribution in [3.8, 4) is 10.6 Å². The Labute approximate surface area is 112 Å². The van der Waals surface area contributed by atoms with Crippen LogP contribution in [0.1, 0.15) is 6.42 Å². The molecule has 2 aromatic heterocycles. The molecule has 0 spiro atoms. The predicted molar refractivity (Wildman–Crippen MR) is 74.4 cm³/mol. The molecule has 0 aromatic carbocycles. The van der Waals surface area contributed by atoms with Gasteiger partial charge in [-0.2, -0.15) is 5.10 Å². The van der Waals surface area contributed by atoms with Gasteiger partial charge in [0.15, 0.2) is 5.82 Å².